The molecular weight excluding hydrogens is 375 g/mol. The molecule has 1 amide bonds. The zero-order valence-corrected chi connectivity index (χ0v) is 16.1. The highest BCUT2D eigenvalue weighted by atomic mass is 35.5. The minimum atomic E-state index is -0.137. The summed E-state index contributed by atoms with van der Waals surface area (Å²) in [7, 11) is 0. The van der Waals surface area contributed by atoms with Crippen LogP contribution in [0.1, 0.15) is 16.8 Å². The summed E-state index contributed by atoms with van der Waals surface area (Å²) in [6.45, 7) is 3.90. The van der Waals surface area contributed by atoms with Crippen molar-refractivity contribution in [3.63, 3.8) is 0 Å². The third kappa shape index (κ3) is 4.40. The number of hydrogen-bond acceptors (Lipinski definition) is 3. The maximum atomic E-state index is 12.3. The van der Waals surface area contributed by atoms with E-state index in [0.29, 0.717) is 15.7 Å². The summed E-state index contributed by atoms with van der Waals surface area (Å²) in [5.74, 6) is -0.137. The molecular formula is C19H16Cl2N2OS. The molecule has 0 radical (unpaired) electrons. The van der Waals surface area contributed by atoms with E-state index in [1.807, 2.05) is 55.6 Å². The van der Waals surface area contributed by atoms with Crippen molar-refractivity contribution in [2.45, 2.75) is 20.3 Å². The predicted octanol–water partition coefficient (Wildman–Crippen LogP) is 5.91. The number of halogens is 2. The molecule has 25 heavy (non-hydrogen) atoms. The van der Waals surface area contributed by atoms with Gasteiger partial charge in [0.25, 0.3) is 0 Å². The number of benzene rings is 2. The Morgan fingerprint density at radius 2 is 1.88 bits per heavy atom. The van der Waals surface area contributed by atoms with Gasteiger partial charge < -0.3 is 5.32 Å². The van der Waals surface area contributed by atoms with Gasteiger partial charge in [-0.15, -0.1) is 11.3 Å². The zero-order chi connectivity index (χ0) is 18.0. The molecule has 0 spiro atoms. The number of amides is 1. The van der Waals surface area contributed by atoms with Crippen LogP contribution in [0.2, 0.25) is 10.0 Å². The van der Waals surface area contributed by atoms with Crippen molar-refractivity contribution in [1.82, 2.24) is 4.98 Å². The smallest absolute Gasteiger partial charge is 0.230 e. The largest absolute Gasteiger partial charge is 0.324 e. The Bertz CT molecular complexity index is 896. The van der Waals surface area contributed by atoms with E-state index in [1.165, 1.54) is 11.3 Å². The Morgan fingerprint density at radius 1 is 1.16 bits per heavy atom. The van der Waals surface area contributed by atoms with E-state index >= 15 is 0 Å². The average molecular weight is 391 g/mol. The Kier molecular flexibility index (Phi) is 5.42. The van der Waals surface area contributed by atoms with Gasteiger partial charge in [-0.05, 0) is 43.2 Å². The second kappa shape index (κ2) is 7.56. The number of nitrogens with one attached hydrogen (secondary N) is 1. The third-order valence-corrected chi connectivity index (χ3v) is 5.17. The third-order valence-electron chi connectivity index (χ3n) is 3.68. The lowest BCUT2D eigenvalue weighted by Gasteiger charge is -2.11. The molecule has 0 bridgehead atoms. The first-order valence-electron chi connectivity index (χ1n) is 7.69. The van der Waals surface area contributed by atoms with E-state index in [0.717, 1.165) is 27.4 Å². The second-order valence-corrected chi connectivity index (χ2v) is 7.52. The lowest BCUT2D eigenvalue weighted by Crippen LogP contribution is -2.15. The summed E-state index contributed by atoms with van der Waals surface area (Å²) in [6.07, 6.45) is 0.202. The highest BCUT2D eigenvalue weighted by Crippen LogP contribution is 2.28. The minimum Gasteiger partial charge on any atom is -0.324 e. The zero-order valence-electron chi connectivity index (χ0n) is 13.8. The Labute approximate surface area is 160 Å². The van der Waals surface area contributed by atoms with Crippen molar-refractivity contribution < 1.29 is 4.79 Å². The van der Waals surface area contributed by atoms with Gasteiger partial charge in [-0.3, -0.25) is 4.79 Å². The summed E-state index contributed by atoms with van der Waals surface area (Å²) in [5, 5.41) is 6.88. The maximum Gasteiger partial charge on any atom is 0.230 e. The monoisotopic (exact) mass is 390 g/mol. The fourth-order valence-corrected chi connectivity index (χ4v) is 3.86. The molecule has 3 rings (SSSR count). The molecule has 2 aromatic carbocycles. The molecule has 1 N–H and O–H groups in total. The summed E-state index contributed by atoms with van der Waals surface area (Å²) < 4.78 is 0. The number of hydrogen-bond donors (Lipinski definition) is 1. The van der Waals surface area contributed by atoms with Gasteiger partial charge >= 0.3 is 0 Å². The Hall–Kier alpha value is -1.88. The molecule has 6 heteroatoms. The van der Waals surface area contributed by atoms with Gasteiger partial charge in [0, 0.05) is 16.0 Å². The SMILES string of the molecule is Cc1cc(C)c(NC(=O)Cc2csc(-c3ccc(Cl)cc3)n2)c(Cl)c1. The van der Waals surface area contributed by atoms with Gasteiger partial charge in [-0.25, -0.2) is 4.98 Å². The highest BCUT2D eigenvalue weighted by Gasteiger charge is 2.12. The van der Waals surface area contributed by atoms with Crippen LogP contribution < -0.4 is 5.32 Å². The van der Waals surface area contributed by atoms with Gasteiger partial charge in [0.05, 0.1) is 22.8 Å². The molecule has 0 saturated carbocycles. The topological polar surface area (TPSA) is 42.0 Å². The first-order chi connectivity index (χ1) is 11.9. The van der Waals surface area contributed by atoms with Crippen LogP contribution in [0.15, 0.2) is 41.8 Å². The number of rotatable bonds is 4. The van der Waals surface area contributed by atoms with Crippen molar-refractivity contribution in [2.24, 2.45) is 0 Å². The Balaban J connectivity index is 1.71. The van der Waals surface area contributed by atoms with E-state index in [9.17, 15) is 4.79 Å². The number of carbonyl (C=O) groups excluding carboxylic acids is 1. The van der Waals surface area contributed by atoms with E-state index in [4.69, 9.17) is 23.2 Å². The lowest BCUT2D eigenvalue weighted by molar-refractivity contribution is -0.115. The molecule has 0 aliphatic rings. The van der Waals surface area contributed by atoms with Gasteiger partial charge in [-0.2, -0.15) is 0 Å². The number of nitrogens with zero attached hydrogens (tertiary/aromatic N) is 1. The summed E-state index contributed by atoms with van der Waals surface area (Å²) in [4.78, 5) is 16.9. The van der Waals surface area contributed by atoms with Crippen LogP contribution in [0.25, 0.3) is 10.6 Å². The molecule has 0 fully saturated rings. The molecule has 1 aromatic heterocycles. The van der Waals surface area contributed by atoms with Gasteiger partial charge in [0.1, 0.15) is 5.01 Å². The Morgan fingerprint density at radius 3 is 2.56 bits per heavy atom. The molecule has 0 atom stereocenters. The van der Waals surface area contributed by atoms with Crippen LogP contribution in [0.5, 0.6) is 0 Å². The van der Waals surface area contributed by atoms with E-state index in [2.05, 4.69) is 10.3 Å². The van der Waals surface area contributed by atoms with Crippen LogP contribution in [0.4, 0.5) is 5.69 Å². The molecule has 0 aliphatic heterocycles. The quantitative estimate of drug-likeness (QED) is 0.600. The van der Waals surface area contributed by atoms with Crippen LogP contribution in [0, 0.1) is 13.8 Å². The van der Waals surface area contributed by atoms with Crippen LogP contribution in [-0.2, 0) is 11.2 Å². The van der Waals surface area contributed by atoms with E-state index in [1.54, 1.807) is 0 Å². The van der Waals surface area contributed by atoms with E-state index < -0.39 is 0 Å². The fourth-order valence-electron chi connectivity index (χ4n) is 2.54. The summed E-state index contributed by atoms with van der Waals surface area (Å²) in [5.41, 5.74) is 4.38. The van der Waals surface area contributed by atoms with Crippen molar-refractivity contribution >= 4 is 46.1 Å². The molecule has 3 aromatic rings. The predicted molar refractivity (Wildman–Crippen MR) is 106 cm³/mol. The first kappa shape index (κ1) is 17.9. The molecule has 3 nitrogen and oxygen atoms in total. The van der Waals surface area contributed by atoms with E-state index in [-0.39, 0.29) is 12.3 Å². The number of anilines is 1. The molecule has 0 unspecified atom stereocenters. The number of carbonyl (C=O) groups is 1. The number of aryl methyl sites for hydroxylation is 2. The highest BCUT2D eigenvalue weighted by molar-refractivity contribution is 7.13. The summed E-state index contributed by atoms with van der Waals surface area (Å²) in [6, 6.07) is 11.3. The van der Waals surface area contributed by atoms with Gasteiger partial charge in [0.15, 0.2) is 0 Å². The number of thiazole rings is 1. The fraction of sp³-hybridized carbons (Fsp3) is 0.158. The summed E-state index contributed by atoms with van der Waals surface area (Å²) >= 11 is 13.6. The van der Waals surface area contributed by atoms with Crippen LogP contribution in [-0.4, -0.2) is 10.9 Å². The van der Waals surface area contributed by atoms with Gasteiger partial charge in [0.2, 0.25) is 5.91 Å². The molecule has 0 aliphatic carbocycles. The minimum absolute atomic E-state index is 0.137. The molecule has 1 heterocycles. The first-order valence-corrected chi connectivity index (χ1v) is 9.33. The maximum absolute atomic E-state index is 12.3. The van der Waals surface area contributed by atoms with Crippen molar-refractivity contribution in [2.75, 3.05) is 5.32 Å². The second-order valence-electron chi connectivity index (χ2n) is 5.81. The van der Waals surface area contributed by atoms with Crippen LogP contribution >= 0.6 is 34.5 Å². The van der Waals surface area contributed by atoms with Crippen molar-refractivity contribution in [3.8, 4) is 10.6 Å². The molecule has 0 saturated heterocycles. The average Bonchev–Trinajstić information content (AvgIpc) is 3.00. The normalized spacial score (nSPS) is 10.7. The van der Waals surface area contributed by atoms with Gasteiger partial charge in [-0.1, -0.05) is 41.4 Å². The van der Waals surface area contributed by atoms with Crippen molar-refractivity contribution in [1.29, 1.82) is 0 Å². The lowest BCUT2D eigenvalue weighted by atomic mass is 10.1. The molecule has 128 valence electrons. The van der Waals surface area contributed by atoms with Crippen LogP contribution in [0.3, 0.4) is 0 Å². The number of aromatic nitrogens is 1. The standard InChI is InChI=1S/C19H16Cl2N2OS/c1-11-7-12(2)18(16(21)8-11)23-17(24)9-15-10-25-19(22-15)13-3-5-14(20)6-4-13/h3-8,10H,9H2,1-2H3,(H,23,24). The van der Waals surface area contributed by atoms with Crippen molar-refractivity contribution in [3.05, 3.63) is 68.6 Å².